The van der Waals surface area contributed by atoms with Gasteiger partial charge in [0.1, 0.15) is 12.2 Å². The molecule has 1 aliphatic rings. The Morgan fingerprint density at radius 2 is 1.89 bits per heavy atom. The summed E-state index contributed by atoms with van der Waals surface area (Å²) >= 11 is 0. The smallest absolute Gasteiger partial charge is 0.238 e. The lowest BCUT2D eigenvalue weighted by molar-refractivity contribution is -0.115. The van der Waals surface area contributed by atoms with Crippen molar-refractivity contribution in [1.29, 1.82) is 0 Å². The molecule has 8 heteroatoms. The second-order valence-corrected chi connectivity index (χ2v) is 6.92. The van der Waals surface area contributed by atoms with Gasteiger partial charge in [-0.05, 0) is 37.7 Å². The SMILES string of the molecule is CCN1CCN(c2ccc(NC(=O)CNC(C)c3nncn3C)cc2)CC1. The Balaban J connectivity index is 1.46. The first-order valence-corrected chi connectivity index (χ1v) is 9.51. The summed E-state index contributed by atoms with van der Waals surface area (Å²) in [6.45, 7) is 9.79. The van der Waals surface area contributed by atoms with Gasteiger partial charge in [-0.25, -0.2) is 0 Å². The van der Waals surface area contributed by atoms with Gasteiger partial charge < -0.3 is 19.7 Å². The zero-order valence-corrected chi connectivity index (χ0v) is 16.4. The zero-order valence-electron chi connectivity index (χ0n) is 16.4. The molecule has 146 valence electrons. The quantitative estimate of drug-likeness (QED) is 0.763. The second-order valence-electron chi connectivity index (χ2n) is 6.92. The largest absolute Gasteiger partial charge is 0.369 e. The van der Waals surface area contributed by atoms with Crippen molar-refractivity contribution < 1.29 is 4.79 Å². The number of hydrogen-bond donors (Lipinski definition) is 2. The lowest BCUT2D eigenvalue weighted by atomic mass is 10.2. The molecule has 1 aliphatic heterocycles. The van der Waals surface area contributed by atoms with Crippen LogP contribution in [0.4, 0.5) is 11.4 Å². The van der Waals surface area contributed by atoms with Gasteiger partial charge in [0, 0.05) is 44.6 Å². The van der Waals surface area contributed by atoms with Gasteiger partial charge in [0.2, 0.25) is 5.91 Å². The minimum atomic E-state index is -0.0756. The molecular weight excluding hydrogens is 342 g/mol. The van der Waals surface area contributed by atoms with E-state index in [1.807, 2.05) is 30.7 Å². The van der Waals surface area contributed by atoms with E-state index in [0.29, 0.717) is 0 Å². The van der Waals surface area contributed by atoms with Gasteiger partial charge in [0.05, 0.1) is 12.6 Å². The molecule has 1 saturated heterocycles. The van der Waals surface area contributed by atoms with Gasteiger partial charge in [-0.1, -0.05) is 6.92 Å². The molecule has 2 aromatic rings. The average molecular weight is 371 g/mol. The van der Waals surface area contributed by atoms with Gasteiger partial charge >= 0.3 is 0 Å². The summed E-state index contributed by atoms with van der Waals surface area (Å²) < 4.78 is 1.84. The van der Waals surface area contributed by atoms with Crippen molar-refractivity contribution in [2.75, 3.05) is 49.5 Å². The minimum absolute atomic E-state index is 0.0487. The summed E-state index contributed by atoms with van der Waals surface area (Å²) in [5, 5.41) is 14.0. The van der Waals surface area contributed by atoms with E-state index in [4.69, 9.17) is 0 Å². The fourth-order valence-electron chi connectivity index (χ4n) is 3.30. The predicted molar refractivity (Wildman–Crippen MR) is 107 cm³/mol. The number of amides is 1. The highest BCUT2D eigenvalue weighted by molar-refractivity contribution is 5.92. The molecule has 2 heterocycles. The molecule has 0 bridgehead atoms. The number of benzene rings is 1. The van der Waals surface area contributed by atoms with E-state index in [0.717, 1.165) is 44.2 Å². The summed E-state index contributed by atoms with van der Waals surface area (Å²) in [6.07, 6.45) is 1.65. The van der Waals surface area contributed by atoms with Crippen molar-refractivity contribution in [3.05, 3.63) is 36.4 Å². The first kappa shape index (κ1) is 19.3. The summed E-state index contributed by atoms with van der Waals surface area (Å²) in [7, 11) is 1.89. The Morgan fingerprint density at radius 1 is 1.19 bits per heavy atom. The van der Waals surface area contributed by atoms with E-state index in [1.54, 1.807) is 6.33 Å². The fraction of sp³-hybridized carbons (Fsp3) is 0.526. The number of rotatable bonds is 7. The molecule has 0 spiro atoms. The number of carbonyl (C=O) groups is 1. The molecule has 27 heavy (non-hydrogen) atoms. The van der Waals surface area contributed by atoms with Crippen LogP contribution in [0.3, 0.4) is 0 Å². The predicted octanol–water partition coefficient (Wildman–Crippen LogP) is 1.25. The van der Waals surface area contributed by atoms with E-state index >= 15 is 0 Å². The van der Waals surface area contributed by atoms with E-state index in [9.17, 15) is 4.79 Å². The molecule has 2 N–H and O–H groups in total. The maximum Gasteiger partial charge on any atom is 0.238 e. The molecule has 0 aliphatic carbocycles. The number of nitrogens with zero attached hydrogens (tertiary/aromatic N) is 5. The monoisotopic (exact) mass is 371 g/mol. The van der Waals surface area contributed by atoms with Crippen LogP contribution in [0.1, 0.15) is 25.7 Å². The van der Waals surface area contributed by atoms with E-state index in [1.165, 1.54) is 5.69 Å². The Hall–Kier alpha value is -2.45. The van der Waals surface area contributed by atoms with Crippen LogP contribution in [0.2, 0.25) is 0 Å². The van der Waals surface area contributed by atoms with Gasteiger partial charge in [0.25, 0.3) is 0 Å². The highest BCUT2D eigenvalue weighted by atomic mass is 16.1. The van der Waals surface area contributed by atoms with Crippen molar-refractivity contribution in [2.45, 2.75) is 19.9 Å². The molecule has 1 amide bonds. The summed E-state index contributed by atoms with van der Waals surface area (Å²) in [5.74, 6) is 0.726. The number of piperazine rings is 1. The number of hydrogen-bond acceptors (Lipinski definition) is 6. The molecule has 1 aromatic heterocycles. The number of likely N-dealkylation sites (N-methyl/N-ethyl adjacent to an activating group) is 1. The third kappa shape index (κ3) is 5.05. The van der Waals surface area contributed by atoms with E-state index in [2.05, 4.69) is 49.7 Å². The maximum atomic E-state index is 12.2. The summed E-state index contributed by atoms with van der Waals surface area (Å²) in [6, 6.07) is 8.03. The maximum absolute atomic E-state index is 12.2. The standard InChI is InChI=1S/C19H29N7O/c1-4-25-9-11-26(12-10-25)17-7-5-16(6-8-17)22-18(27)13-20-15(2)19-23-21-14-24(19)3/h5-8,14-15,20H,4,9-13H2,1-3H3,(H,22,27). The van der Waals surface area contributed by atoms with Crippen molar-refractivity contribution in [3.8, 4) is 0 Å². The Labute approximate surface area is 160 Å². The van der Waals surface area contributed by atoms with Crippen molar-refractivity contribution in [2.24, 2.45) is 7.05 Å². The normalized spacial score (nSPS) is 16.3. The van der Waals surface area contributed by atoms with Gasteiger partial charge in [-0.2, -0.15) is 0 Å². The topological polar surface area (TPSA) is 78.3 Å². The number of anilines is 2. The zero-order chi connectivity index (χ0) is 19.2. The minimum Gasteiger partial charge on any atom is -0.369 e. The Morgan fingerprint density at radius 3 is 2.48 bits per heavy atom. The number of aryl methyl sites for hydroxylation is 1. The molecule has 1 aromatic carbocycles. The van der Waals surface area contributed by atoms with Crippen LogP contribution < -0.4 is 15.5 Å². The second kappa shape index (κ2) is 8.96. The van der Waals surface area contributed by atoms with E-state index < -0.39 is 0 Å². The van der Waals surface area contributed by atoms with Crippen LogP contribution >= 0.6 is 0 Å². The molecule has 0 radical (unpaired) electrons. The Bertz CT molecular complexity index is 735. The van der Waals surface area contributed by atoms with Crippen LogP contribution in [0.15, 0.2) is 30.6 Å². The van der Waals surface area contributed by atoms with Crippen molar-refractivity contribution in [1.82, 2.24) is 25.0 Å². The average Bonchev–Trinajstić information content (AvgIpc) is 3.13. The van der Waals surface area contributed by atoms with Crippen LogP contribution in [0.5, 0.6) is 0 Å². The van der Waals surface area contributed by atoms with Crippen molar-refractivity contribution >= 4 is 17.3 Å². The number of nitrogens with one attached hydrogen (secondary N) is 2. The van der Waals surface area contributed by atoms with Crippen LogP contribution in [-0.4, -0.2) is 64.8 Å². The van der Waals surface area contributed by atoms with Crippen LogP contribution in [0, 0.1) is 0 Å². The van der Waals surface area contributed by atoms with Crippen LogP contribution in [-0.2, 0) is 11.8 Å². The number of aromatic nitrogens is 3. The first-order valence-electron chi connectivity index (χ1n) is 9.51. The lowest BCUT2D eigenvalue weighted by Gasteiger charge is -2.35. The molecule has 0 saturated carbocycles. The molecule has 1 fully saturated rings. The molecule has 1 atom stereocenters. The van der Waals surface area contributed by atoms with Gasteiger partial charge in [0.15, 0.2) is 0 Å². The fourth-order valence-corrected chi connectivity index (χ4v) is 3.30. The summed E-state index contributed by atoms with van der Waals surface area (Å²) in [5.41, 5.74) is 2.02. The van der Waals surface area contributed by atoms with Gasteiger partial charge in [-0.15, -0.1) is 10.2 Å². The number of carbonyl (C=O) groups excluding carboxylic acids is 1. The third-order valence-corrected chi connectivity index (χ3v) is 5.04. The molecule has 1 unspecified atom stereocenters. The molecular formula is C19H29N7O. The highest BCUT2D eigenvalue weighted by Gasteiger charge is 2.16. The van der Waals surface area contributed by atoms with Crippen LogP contribution in [0.25, 0.3) is 0 Å². The summed E-state index contributed by atoms with van der Waals surface area (Å²) in [4.78, 5) is 17.0. The van der Waals surface area contributed by atoms with Gasteiger partial charge in [-0.3, -0.25) is 10.1 Å². The van der Waals surface area contributed by atoms with Crippen molar-refractivity contribution in [3.63, 3.8) is 0 Å². The lowest BCUT2D eigenvalue weighted by Crippen LogP contribution is -2.46. The Kier molecular flexibility index (Phi) is 6.41. The first-order chi connectivity index (χ1) is 13.1. The molecule has 8 nitrogen and oxygen atoms in total. The highest BCUT2D eigenvalue weighted by Crippen LogP contribution is 2.19. The molecule has 3 rings (SSSR count). The third-order valence-electron chi connectivity index (χ3n) is 5.04. The van der Waals surface area contributed by atoms with E-state index in [-0.39, 0.29) is 18.5 Å².